The second-order valence-corrected chi connectivity index (χ2v) is 7.68. The molecule has 0 bridgehead atoms. The van der Waals surface area contributed by atoms with Gasteiger partial charge in [-0.3, -0.25) is 0 Å². The average Bonchev–Trinajstić information content (AvgIpc) is 3.20. The van der Waals surface area contributed by atoms with Crippen LogP contribution in [-0.2, 0) is 0 Å². The maximum absolute atomic E-state index is 6.27. The van der Waals surface area contributed by atoms with E-state index in [0.717, 1.165) is 38.9 Å². The zero-order chi connectivity index (χ0) is 22.9. The number of rotatable bonds is 4. The molecule has 0 amide bonds. The average molecular weight is 432 g/mol. The monoisotopic (exact) mass is 432 g/mol. The summed E-state index contributed by atoms with van der Waals surface area (Å²) in [4.78, 5) is 20.6. The van der Waals surface area contributed by atoms with Gasteiger partial charge in [0.05, 0.1) is 11.1 Å². The van der Waals surface area contributed by atoms with Crippen molar-refractivity contribution in [2.75, 3.05) is 5.73 Å². The van der Waals surface area contributed by atoms with E-state index in [-0.39, 0.29) is 0 Å². The molecule has 160 valence electrons. The SMILES string of the molecule is C#Cc1cc(C)c(-c2[nH]c3ncnc(N)c3c2-c2ccc(Oc3cc(C)ccn3)cc2)cn1. The number of ether oxygens (including phenoxy) is 1. The zero-order valence-corrected chi connectivity index (χ0v) is 18.1. The molecule has 0 saturated heterocycles. The van der Waals surface area contributed by atoms with Gasteiger partial charge in [0, 0.05) is 29.6 Å². The highest BCUT2D eigenvalue weighted by molar-refractivity contribution is 6.07. The van der Waals surface area contributed by atoms with E-state index >= 15 is 0 Å². The number of H-pyrrole nitrogens is 1. The van der Waals surface area contributed by atoms with Crippen LogP contribution in [0.1, 0.15) is 16.8 Å². The molecular weight excluding hydrogens is 412 g/mol. The molecule has 0 aliphatic carbocycles. The molecule has 7 nitrogen and oxygen atoms in total. The van der Waals surface area contributed by atoms with Gasteiger partial charge >= 0.3 is 0 Å². The van der Waals surface area contributed by atoms with Crippen molar-refractivity contribution in [1.29, 1.82) is 0 Å². The number of benzene rings is 1. The molecule has 0 fully saturated rings. The maximum Gasteiger partial charge on any atom is 0.219 e. The minimum Gasteiger partial charge on any atom is -0.439 e. The van der Waals surface area contributed by atoms with Gasteiger partial charge in [0.25, 0.3) is 0 Å². The minimum absolute atomic E-state index is 0.396. The molecule has 0 aliphatic rings. The number of hydrogen-bond acceptors (Lipinski definition) is 6. The molecule has 5 rings (SSSR count). The Kier molecular flexibility index (Phi) is 4.96. The number of fused-ring (bicyclic) bond motifs is 1. The standard InChI is InChI=1S/C26H20N6O/c1-4-18-12-16(3)20(13-29-18)24-22(23-25(27)30-14-31-26(23)32-24)17-5-7-19(8-6-17)33-21-11-15(2)9-10-28-21/h1,5-14H,2-3H3,(H3,27,30,31,32). The van der Waals surface area contributed by atoms with E-state index < -0.39 is 0 Å². The highest BCUT2D eigenvalue weighted by Crippen LogP contribution is 2.41. The maximum atomic E-state index is 6.27. The Labute approximate surface area is 190 Å². The van der Waals surface area contributed by atoms with Crippen molar-refractivity contribution < 1.29 is 4.74 Å². The number of aromatic nitrogens is 5. The summed E-state index contributed by atoms with van der Waals surface area (Å²) in [5, 5.41) is 0.752. The highest BCUT2D eigenvalue weighted by atomic mass is 16.5. The second kappa shape index (κ2) is 8.09. The van der Waals surface area contributed by atoms with Crippen molar-refractivity contribution in [1.82, 2.24) is 24.9 Å². The van der Waals surface area contributed by atoms with Crippen molar-refractivity contribution in [2.24, 2.45) is 0 Å². The Bertz CT molecular complexity index is 1530. The molecule has 0 saturated carbocycles. The fraction of sp³-hybridized carbons (Fsp3) is 0.0769. The number of aromatic amines is 1. The number of nitrogen functional groups attached to an aromatic ring is 1. The number of aryl methyl sites for hydroxylation is 2. The van der Waals surface area contributed by atoms with Crippen LogP contribution in [0.25, 0.3) is 33.4 Å². The third-order valence-electron chi connectivity index (χ3n) is 5.40. The predicted octanol–water partition coefficient (Wildman–Crippen LogP) is 5.05. The lowest BCUT2D eigenvalue weighted by Crippen LogP contribution is -1.93. The first kappa shape index (κ1) is 20.2. The number of hydrogen-bond donors (Lipinski definition) is 2. The molecule has 1 aromatic carbocycles. The van der Waals surface area contributed by atoms with Crippen LogP contribution in [0.2, 0.25) is 0 Å². The van der Waals surface area contributed by atoms with Crippen molar-refractivity contribution in [2.45, 2.75) is 13.8 Å². The third-order valence-corrected chi connectivity index (χ3v) is 5.40. The molecule has 0 radical (unpaired) electrons. The van der Waals surface area contributed by atoms with Gasteiger partial charge in [-0.25, -0.2) is 19.9 Å². The number of nitrogens with zero attached hydrogens (tertiary/aromatic N) is 4. The molecule has 0 spiro atoms. The van der Waals surface area contributed by atoms with Crippen LogP contribution >= 0.6 is 0 Å². The number of pyridine rings is 2. The minimum atomic E-state index is 0.396. The van der Waals surface area contributed by atoms with E-state index in [1.54, 1.807) is 12.4 Å². The summed E-state index contributed by atoms with van der Waals surface area (Å²) in [5.74, 6) is 4.20. The Morgan fingerprint density at radius 2 is 1.82 bits per heavy atom. The van der Waals surface area contributed by atoms with Crippen molar-refractivity contribution >= 4 is 16.9 Å². The topological polar surface area (TPSA) is 103 Å². The van der Waals surface area contributed by atoms with Crippen molar-refractivity contribution in [3.63, 3.8) is 0 Å². The Morgan fingerprint density at radius 3 is 2.55 bits per heavy atom. The van der Waals surface area contributed by atoms with E-state index in [1.165, 1.54) is 6.33 Å². The molecule has 5 aromatic rings. The summed E-state index contributed by atoms with van der Waals surface area (Å²) in [6.45, 7) is 3.99. The zero-order valence-electron chi connectivity index (χ0n) is 18.1. The van der Waals surface area contributed by atoms with Gasteiger partial charge in [0.15, 0.2) is 0 Å². The van der Waals surface area contributed by atoms with E-state index in [1.807, 2.05) is 56.3 Å². The molecule has 4 aromatic heterocycles. The van der Waals surface area contributed by atoms with Crippen LogP contribution in [0.15, 0.2) is 61.2 Å². The Hall–Kier alpha value is -4.70. The van der Waals surface area contributed by atoms with Gasteiger partial charge in [-0.2, -0.15) is 0 Å². The van der Waals surface area contributed by atoms with E-state index in [0.29, 0.717) is 28.8 Å². The van der Waals surface area contributed by atoms with Crippen LogP contribution in [0.4, 0.5) is 5.82 Å². The number of terminal acetylenes is 1. The summed E-state index contributed by atoms with van der Waals surface area (Å²) in [6, 6.07) is 13.4. The van der Waals surface area contributed by atoms with Gasteiger partial charge in [-0.05, 0) is 54.8 Å². The highest BCUT2D eigenvalue weighted by Gasteiger charge is 2.20. The Balaban J connectivity index is 1.63. The van der Waals surface area contributed by atoms with Crippen LogP contribution in [0, 0.1) is 26.2 Å². The first-order valence-corrected chi connectivity index (χ1v) is 10.3. The summed E-state index contributed by atoms with van der Waals surface area (Å²) >= 11 is 0. The normalized spacial score (nSPS) is 10.8. The molecule has 0 unspecified atom stereocenters. The molecular formula is C26H20N6O. The summed E-state index contributed by atoms with van der Waals surface area (Å²) in [7, 11) is 0. The van der Waals surface area contributed by atoms with Crippen LogP contribution in [0.3, 0.4) is 0 Å². The van der Waals surface area contributed by atoms with Gasteiger partial charge in [0.1, 0.15) is 29.2 Å². The van der Waals surface area contributed by atoms with E-state index in [4.69, 9.17) is 16.9 Å². The number of nitrogens with one attached hydrogen (secondary N) is 1. The van der Waals surface area contributed by atoms with Gasteiger partial charge in [-0.15, -0.1) is 6.42 Å². The molecule has 33 heavy (non-hydrogen) atoms. The van der Waals surface area contributed by atoms with Crippen molar-refractivity contribution in [3.8, 4) is 46.4 Å². The second-order valence-electron chi connectivity index (χ2n) is 7.68. The molecule has 4 heterocycles. The lowest BCUT2D eigenvalue weighted by Gasteiger charge is -2.10. The molecule has 0 atom stereocenters. The first-order chi connectivity index (χ1) is 16.0. The molecule has 0 aliphatic heterocycles. The first-order valence-electron chi connectivity index (χ1n) is 10.3. The summed E-state index contributed by atoms with van der Waals surface area (Å²) < 4.78 is 5.91. The Morgan fingerprint density at radius 1 is 1.00 bits per heavy atom. The fourth-order valence-corrected chi connectivity index (χ4v) is 3.81. The van der Waals surface area contributed by atoms with E-state index in [9.17, 15) is 0 Å². The lowest BCUT2D eigenvalue weighted by atomic mass is 9.97. The fourth-order valence-electron chi connectivity index (χ4n) is 3.81. The van der Waals surface area contributed by atoms with Gasteiger partial charge in [0.2, 0.25) is 5.88 Å². The lowest BCUT2D eigenvalue weighted by molar-refractivity contribution is 0.462. The number of nitrogens with two attached hydrogens (primary N) is 1. The van der Waals surface area contributed by atoms with Gasteiger partial charge < -0.3 is 15.5 Å². The van der Waals surface area contributed by atoms with Crippen LogP contribution < -0.4 is 10.5 Å². The smallest absolute Gasteiger partial charge is 0.219 e. The largest absolute Gasteiger partial charge is 0.439 e. The molecule has 3 N–H and O–H groups in total. The van der Waals surface area contributed by atoms with E-state index in [2.05, 4.69) is 30.8 Å². The predicted molar refractivity (Wildman–Crippen MR) is 129 cm³/mol. The third kappa shape index (κ3) is 3.75. The summed E-state index contributed by atoms with van der Waals surface area (Å²) in [6.07, 6.45) is 10.5. The summed E-state index contributed by atoms with van der Waals surface area (Å²) in [5.41, 5.74) is 13.1. The van der Waals surface area contributed by atoms with Crippen molar-refractivity contribution in [3.05, 3.63) is 78.0 Å². The molecule has 7 heteroatoms. The number of anilines is 1. The quantitative estimate of drug-likeness (QED) is 0.385. The van der Waals surface area contributed by atoms with Crippen LogP contribution in [-0.4, -0.2) is 24.9 Å². The van der Waals surface area contributed by atoms with Crippen LogP contribution in [0.5, 0.6) is 11.6 Å². The van der Waals surface area contributed by atoms with Gasteiger partial charge in [-0.1, -0.05) is 18.1 Å².